The molecule has 0 saturated carbocycles. The van der Waals surface area contributed by atoms with Crippen molar-refractivity contribution in [2.75, 3.05) is 0 Å². The van der Waals surface area contributed by atoms with Crippen LogP contribution in [0.3, 0.4) is 0 Å². The van der Waals surface area contributed by atoms with Crippen LogP contribution in [0.5, 0.6) is 11.6 Å². The molecule has 2 aromatic heterocycles. The minimum Gasteiger partial charge on any atom is -0.507 e. The predicted molar refractivity (Wildman–Crippen MR) is 120 cm³/mol. The summed E-state index contributed by atoms with van der Waals surface area (Å²) in [6, 6.07) is 16.2. The first kappa shape index (κ1) is 20.6. The van der Waals surface area contributed by atoms with Crippen molar-refractivity contribution >= 4 is 17.3 Å². The number of aromatic nitrogens is 2. The van der Waals surface area contributed by atoms with Crippen LogP contribution < -0.4 is 4.74 Å². The van der Waals surface area contributed by atoms with E-state index in [4.69, 9.17) is 9.84 Å². The van der Waals surface area contributed by atoms with Crippen LogP contribution in [0.25, 0.3) is 21.6 Å². The van der Waals surface area contributed by atoms with Crippen LogP contribution in [0.2, 0.25) is 0 Å². The maximum absolute atomic E-state index is 11.1. The Morgan fingerprint density at radius 2 is 1.81 bits per heavy atom. The molecular weight excluding hydrogens is 412 g/mol. The first-order chi connectivity index (χ1) is 14.9. The lowest BCUT2D eigenvalue weighted by Gasteiger charge is -2.07. The van der Waals surface area contributed by atoms with Crippen LogP contribution in [0.4, 0.5) is 0 Å². The highest BCUT2D eigenvalue weighted by Crippen LogP contribution is 2.34. The fraction of sp³-hybridized carbons (Fsp3) is 0.125. The molecule has 0 atom stereocenters. The van der Waals surface area contributed by atoms with Gasteiger partial charge in [-0.05, 0) is 60.4 Å². The summed E-state index contributed by atoms with van der Waals surface area (Å²) >= 11 is 1.56. The fourth-order valence-corrected chi connectivity index (χ4v) is 4.21. The standard InChI is InChI=1S/C24H20N2O4S/c1-14-8-9-25-21(10-14)30-13-22-26-15(2)23(31-22)18-5-3-4-16(11-18)17-6-7-19(24(28)29)20(27)12-17/h3-12,27H,13H2,1-2H3,(H,28,29). The molecule has 31 heavy (non-hydrogen) atoms. The quantitative estimate of drug-likeness (QED) is 0.420. The zero-order chi connectivity index (χ0) is 22.0. The number of rotatable bonds is 6. The number of carboxylic acid groups (broad SMARTS) is 1. The number of aryl methyl sites for hydroxylation is 2. The average Bonchev–Trinajstić information content (AvgIpc) is 3.12. The van der Waals surface area contributed by atoms with Gasteiger partial charge in [0, 0.05) is 12.3 Å². The van der Waals surface area contributed by atoms with Crippen LogP contribution in [0, 0.1) is 13.8 Å². The van der Waals surface area contributed by atoms with Gasteiger partial charge in [-0.1, -0.05) is 24.3 Å². The third-order valence-corrected chi connectivity index (χ3v) is 5.94. The molecular formula is C24H20N2O4S. The summed E-state index contributed by atoms with van der Waals surface area (Å²) in [5.41, 5.74) is 4.47. The molecule has 156 valence electrons. The lowest BCUT2D eigenvalue weighted by molar-refractivity contribution is 0.0694. The van der Waals surface area contributed by atoms with Gasteiger partial charge in [0.25, 0.3) is 0 Å². The molecule has 2 N–H and O–H groups in total. The zero-order valence-corrected chi connectivity index (χ0v) is 17.8. The van der Waals surface area contributed by atoms with Gasteiger partial charge in [-0.3, -0.25) is 0 Å². The van der Waals surface area contributed by atoms with Gasteiger partial charge in [0.15, 0.2) is 0 Å². The summed E-state index contributed by atoms with van der Waals surface area (Å²) in [6.45, 7) is 4.29. The van der Waals surface area contributed by atoms with Crippen LogP contribution in [-0.4, -0.2) is 26.2 Å². The maximum Gasteiger partial charge on any atom is 0.339 e. The molecule has 0 saturated heterocycles. The molecule has 4 rings (SSSR count). The second kappa shape index (κ2) is 8.57. The van der Waals surface area contributed by atoms with Gasteiger partial charge >= 0.3 is 5.97 Å². The topological polar surface area (TPSA) is 92.5 Å². The minimum atomic E-state index is -1.16. The van der Waals surface area contributed by atoms with Gasteiger partial charge in [0.2, 0.25) is 5.88 Å². The number of aromatic carboxylic acids is 1. The number of hydrogen-bond acceptors (Lipinski definition) is 6. The molecule has 6 nitrogen and oxygen atoms in total. The van der Waals surface area contributed by atoms with Gasteiger partial charge < -0.3 is 14.9 Å². The van der Waals surface area contributed by atoms with Gasteiger partial charge in [-0.2, -0.15) is 0 Å². The molecule has 0 fully saturated rings. The van der Waals surface area contributed by atoms with Crippen molar-refractivity contribution in [2.24, 2.45) is 0 Å². The number of thiazole rings is 1. The summed E-state index contributed by atoms with van der Waals surface area (Å²) < 4.78 is 5.77. The molecule has 0 aliphatic heterocycles. The van der Waals surface area contributed by atoms with Crippen molar-refractivity contribution in [1.82, 2.24) is 9.97 Å². The van der Waals surface area contributed by atoms with Crippen molar-refractivity contribution in [2.45, 2.75) is 20.5 Å². The molecule has 4 aromatic rings. The minimum absolute atomic E-state index is 0.119. The van der Waals surface area contributed by atoms with Crippen LogP contribution >= 0.6 is 11.3 Å². The molecule has 0 radical (unpaired) electrons. The third-order valence-electron chi connectivity index (χ3n) is 4.76. The maximum atomic E-state index is 11.1. The largest absolute Gasteiger partial charge is 0.507 e. The van der Waals surface area contributed by atoms with Crippen molar-refractivity contribution in [1.29, 1.82) is 0 Å². The van der Waals surface area contributed by atoms with E-state index in [9.17, 15) is 9.90 Å². The van der Waals surface area contributed by atoms with E-state index in [1.54, 1.807) is 23.6 Å². The lowest BCUT2D eigenvalue weighted by atomic mass is 10.0. The fourth-order valence-electron chi connectivity index (χ4n) is 3.24. The molecule has 0 aliphatic carbocycles. The Morgan fingerprint density at radius 1 is 1.03 bits per heavy atom. The summed E-state index contributed by atoms with van der Waals surface area (Å²) in [7, 11) is 0. The van der Waals surface area contributed by atoms with E-state index in [-0.39, 0.29) is 11.3 Å². The van der Waals surface area contributed by atoms with E-state index in [0.29, 0.717) is 12.5 Å². The van der Waals surface area contributed by atoms with Crippen molar-refractivity contribution < 1.29 is 19.7 Å². The Morgan fingerprint density at radius 3 is 2.55 bits per heavy atom. The predicted octanol–water partition coefficient (Wildman–Crippen LogP) is 5.47. The SMILES string of the molecule is Cc1ccnc(OCc2nc(C)c(-c3cccc(-c4ccc(C(=O)O)c(O)c4)c3)s2)c1. The monoisotopic (exact) mass is 432 g/mol. The molecule has 2 heterocycles. The normalized spacial score (nSPS) is 10.8. The van der Waals surface area contributed by atoms with E-state index in [0.717, 1.165) is 37.8 Å². The zero-order valence-electron chi connectivity index (χ0n) is 17.0. The van der Waals surface area contributed by atoms with E-state index in [1.807, 2.05) is 50.2 Å². The Kier molecular flexibility index (Phi) is 5.68. The van der Waals surface area contributed by atoms with Gasteiger partial charge in [-0.15, -0.1) is 11.3 Å². The van der Waals surface area contributed by atoms with Gasteiger partial charge in [0.1, 0.15) is 22.9 Å². The summed E-state index contributed by atoms with van der Waals surface area (Å²) in [6.07, 6.45) is 1.72. The molecule has 2 aromatic carbocycles. The highest BCUT2D eigenvalue weighted by atomic mass is 32.1. The van der Waals surface area contributed by atoms with Crippen molar-refractivity contribution in [3.05, 3.63) is 82.6 Å². The molecule has 0 aliphatic rings. The molecule has 0 amide bonds. The Labute approximate surface area is 183 Å². The average molecular weight is 433 g/mol. The second-order valence-corrected chi connectivity index (χ2v) is 8.18. The first-order valence-electron chi connectivity index (χ1n) is 9.59. The van der Waals surface area contributed by atoms with Crippen LogP contribution in [-0.2, 0) is 6.61 Å². The number of phenols is 1. The number of carbonyl (C=O) groups is 1. The van der Waals surface area contributed by atoms with E-state index < -0.39 is 5.97 Å². The van der Waals surface area contributed by atoms with Crippen LogP contribution in [0.15, 0.2) is 60.8 Å². The second-order valence-electron chi connectivity index (χ2n) is 7.10. The molecule has 0 spiro atoms. The Hall–Kier alpha value is -3.71. The van der Waals surface area contributed by atoms with Crippen molar-refractivity contribution in [3.8, 4) is 33.2 Å². The number of benzene rings is 2. The van der Waals surface area contributed by atoms with Crippen LogP contribution in [0.1, 0.15) is 26.6 Å². The Bertz CT molecular complexity index is 1270. The molecule has 0 unspecified atom stereocenters. The number of hydrogen-bond donors (Lipinski definition) is 2. The number of nitrogens with zero attached hydrogens (tertiary/aromatic N) is 2. The summed E-state index contributed by atoms with van der Waals surface area (Å²) in [4.78, 5) is 21.0. The van der Waals surface area contributed by atoms with E-state index in [2.05, 4.69) is 9.97 Å². The number of aromatic hydroxyl groups is 1. The molecule has 0 bridgehead atoms. The summed E-state index contributed by atoms with van der Waals surface area (Å²) in [5.74, 6) is -0.844. The number of carboxylic acids is 1. The highest BCUT2D eigenvalue weighted by molar-refractivity contribution is 7.15. The molecule has 7 heteroatoms. The first-order valence-corrected chi connectivity index (χ1v) is 10.4. The van der Waals surface area contributed by atoms with Gasteiger partial charge in [-0.25, -0.2) is 14.8 Å². The lowest BCUT2D eigenvalue weighted by Crippen LogP contribution is -1.96. The highest BCUT2D eigenvalue weighted by Gasteiger charge is 2.14. The third kappa shape index (κ3) is 4.57. The number of pyridine rings is 1. The van der Waals surface area contributed by atoms with E-state index >= 15 is 0 Å². The number of ether oxygens (including phenoxy) is 1. The smallest absolute Gasteiger partial charge is 0.339 e. The Balaban J connectivity index is 1.58. The summed E-state index contributed by atoms with van der Waals surface area (Å²) in [5, 5.41) is 20.0. The van der Waals surface area contributed by atoms with Crippen molar-refractivity contribution in [3.63, 3.8) is 0 Å². The van der Waals surface area contributed by atoms with Gasteiger partial charge in [0.05, 0.1) is 10.6 Å². The van der Waals surface area contributed by atoms with E-state index in [1.165, 1.54) is 12.1 Å².